The molecule has 1 atom stereocenters. The monoisotopic (exact) mass is 364 g/mol. The van der Waals surface area contributed by atoms with Crippen LogP contribution in [0.1, 0.15) is 49.0 Å². The van der Waals surface area contributed by atoms with Crippen LogP contribution in [0.3, 0.4) is 0 Å². The van der Waals surface area contributed by atoms with Crippen molar-refractivity contribution in [3.63, 3.8) is 0 Å². The molecule has 0 aromatic carbocycles. The summed E-state index contributed by atoms with van der Waals surface area (Å²) in [6, 6.07) is 1.47. The number of aryl methyl sites for hydroxylation is 2. The van der Waals surface area contributed by atoms with Crippen molar-refractivity contribution in [1.82, 2.24) is 25.1 Å². The standard InChI is InChI=1S/C16H24N6O2S/c1-5-6-10(2)13-20-21-15(25-13)19-14(23)17-7-8-22-12(4)9-11(3)18-16(22)24/h9-10H,5-8H2,1-4H3,(H2,17,19,21,23)/t10-/m0/s1. The minimum absolute atomic E-state index is 0.307. The molecule has 2 aromatic heterocycles. The molecule has 136 valence electrons. The van der Waals surface area contributed by atoms with Gasteiger partial charge in [-0.05, 0) is 26.3 Å². The lowest BCUT2D eigenvalue weighted by atomic mass is 10.1. The van der Waals surface area contributed by atoms with Crippen molar-refractivity contribution in [2.24, 2.45) is 0 Å². The quantitative estimate of drug-likeness (QED) is 0.786. The highest BCUT2D eigenvalue weighted by Gasteiger charge is 2.13. The van der Waals surface area contributed by atoms with Gasteiger partial charge >= 0.3 is 11.7 Å². The number of carbonyl (C=O) groups is 1. The number of hydrogen-bond acceptors (Lipinski definition) is 6. The van der Waals surface area contributed by atoms with Crippen molar-refractivity contribution in [3.05, 3.63) is 32.9 Å². The van der Waals surface area contributed by atoms with Gasteiger partial charge in [0.15, 0.2) is 0 Å². The lowest BCUT2D eigenvalue weighted by molar-refractivity contribution is 0.251. The molecule has 2 N–H and O–H groups in total. The summed E-state index contributed by atoms with van der Waals surface area (Å²) in [6.45, 7) is 8.53. The van der Waals surface area contributed by atoms with Crippen LogP contribution >= 0.6 is 11.3 Å². The van der Waals surface area contributed by atoms with E-state index >= 15 is 0 Å². The van der Waals surface area contributed by atoms with Crippen molar-refractivity contribution < 1.29 is 4.79 Å². The van der Waals surface area contributed by atoms with Crippen LogP contribution in [0.25, 0.3) is 0 Å². The van der Waals surface area contributed by atoms with Gasteiger partial charge in [0, 0.05) is 30.4 Å². The summed E-state index contributed by atoms with van der Waals surface area (Å²) >= 11 is 1.39. The summed E-state index contributed by atoms with van der Waals surface area (Å²) in [5, 5.41) is 14.9. The molecule has 0 aliphatic rings. The molecule has 8 nitrogen and oxygen atoms in total. The molecule has 2 aromatic rings. The molecule has 0 bridgehead atoms. The Morgan fingerprint density at radius 3 is 2.80 bits per heavy atom. The number of amides is 2. The molecule has 0 saturated heterocycles. The molecule has 25 heavy (non-hydrogen) atoms. The van der Waals surface area contributed by atoms with Crippen LogP contribution < -0.4 is 16.3 Å². The fourth-order valence-electron chi connectivity index (χ4n) is 2.51. The molecule has 2 amide bonds. The molecule has 0 aliphatic carbocycles. The molecule has 2 heterocycles. The second-order valence-electron chi connectivity index (χ2n) is 5.99. The number of nitrogens with zero attached hydrogens (tertiary/aromatic N) is 4. The van der Waals surface area contributed by atoms with E-state index < -0.39 is 0 Å². The number of aromatic nitrogens is 4. The average Bonchev–Trinajstić information content (AvgIpc) is 2.98. The number of carbonyl (C=O) groups excluding carboxylic acids is 1. The van der Waals surface area contributed by atoms with E-state index in [2.05, 4.69) is 39.7 Å². The maximum Gasteiger partial charge on any atom is 0.348 e. The lowest BCUT2D eigenvalue weighted by Crippen LogP contribution is -2.35. The maximum absolute atomic E-state index is 11.9. The molecule has 0 aliphatic heterocycles. The van der Waals surface area contributed by atoms with Gasteiger partial charge in [0.2, 0.25) is 5.13 Å². The fraction of sp³-hybridized carbons (Fsp3) is 0.562. The molecule has 0 saturated carbocycles. The second kappa shape index (κ2) is 8.70. The SMILES string of the molecule is CCC[C@H](C)c1nnc(NC(=O)NCCn2c(C)cc(C)nc2=O)s1. The van der Waals surface area contributed by atoms with Crippen molar-refractivity contribution in [1.29, 1.82) is 0 Å². The van der Waals surface area contributed by atoms with E-state index in [9.17, 15) is 9.59 Å². The van der Waals surface area contributed by atoms with Gasteiger partial charge in [-0.1, -0.05) is 31.6 Å². The third kappa shape index (κ3) is 5.35. The van der Waals surface area contributed by atoms with Crippen molar-refractivity contribution in [2.75, 3.05) is 11.9 Å². The van der Waals surface area contributed by atoms with E-state index in [1.54, 1.807) is 6.92 Å². The Morgan fingerprint density at radius 1 is 1.36 bits per heavy atom. The Labute approximate surface area is 150 Å². The smallest absolute Gasteiger partial charge is 0.336 e. The van der Waals surface area contributed by atoms with Gasteiger partial charge in [-0.3, -0.25) is 9.88 Å². The first-order valence-corrected chi connectivity index (χ1v) is 9.15. The zero-order valence-electron chi connectivity index (χ0n) is 15.0. The third-order valence-corrected chi connectivity index (χ3v) is 4.84. The summed E-state index contributed by atoms with van der Waals surface area (Å²) in [5.74, 6) is 0.338. The Bertz CT molecular complexity index is 785. The molecule has 0 spiro atoms. The number of anilines is 1. The molecule has 0 radical (unpaired) electrons. The van der Waals surface area contributed by atoms with Crippen molar-refractivity contribution in [3.8, 4) is 0 Å². The minimum atomic E-state index is -0.364. The number of urea groups is 1. The van der Waals surface area contributed by atoms with Gasteiger partial charge in [0.1, 0.15) is 5.01 Å². The number of nitrogens with one attached hydrogen (secondary N) is 2. The Balaban J connectivity index is 1.84. The van der Waals surface area contributed by atoms with Gasteiger partial charge < -0.3 is 5.32 Å². The van der Waals surface area contributed by atoms with Crippen LogP contribution in [0.5, 0.6) is 0 Å². The van der Waals surface area contributed by atoms with Crippen molar-refractivity contribution in [2.45, 2.75) is 53.0 Å². The van der Waals surface area contributed by atoms with E-state index in [0.717, 1.165) is 23.5 Å². The average molecular weight is 364 g/mol. The normalized spacial score (nSPS) is 12.0. The first-order chi connectivity index (χ1) is 11.9. The zero-order chi connectivity index (χ0) is 18.4. The van der Waals surface area contributed by atoms with Gasteiger partial charge in [-0.25, -0.2) is 9.59 Å². The van der Waals surface area contributed by atoms with E-state index in [1.807, 2.05) is 13.0 Å². The predicted octanol–water partition coefficient (Wildman–Crippen LogP) is 2.44. The van der Waals surface area contributed by atoms with Crippen LogP contribution in [-0.4, -0.2) is 32.3 Å². The van der Waals surface area contributed by atoms with Crippen LogP contribution in [0.2, 0.25) is 0 Å². The second-order valence-corrected chi connectivity index (χ2v) is 7.00. The largest absolute Gasteiger partial charge is 0.348 e. The van der Waals surface area contributed by atoms with Crippen LogP contribution in [0.4, 0.5) is 9.93 Å². The topological polar surface area (TPSA) is 102 Å². The summed E-state index contributed by atoms with van der Waals surface area (Å²) in [6.07, 6.45) is 2.12. The Hall–Kier alpha value is -2.29. The number of hydrogen-bond donors (Lipinski definition) is 2. The lowest BCUT2D eigenvalue weighted by Gasteiger charge is -2.10. The first-order valence-electron chi connectivity index (χ1n) is 8.34. The molecule has 9 heteroatoms. The van der Waals surface area contributed by atoms with E-state index in [-0.39, 0.29) is 11.7 Å². The van der Waals surface area contributed by atoms with E-state index in [4.69, 9.17) is 0 Å². The van der Waals surface area contributed by atoms with Gasteiger partial charge in [-0.15, -0.1) is 10.2 Å². The Kier molecular flexibility index (Phi) is 6.63. The molecular formula is C16H24N6O2S. The molecule has 0 fully saturated rings. The summed E-state index contributed by atoms with van der Waals surface area (Å²) in [7, 11) is 0. The van der Waals surface area contributed by atoms with E-state index in [1.165, 1.54) is 15.9 Å². The number of rotatable bonds is 7. The van der Waals surface area contributed by atoms with E-state index in [0.29, 0.717) is 29.8 Å². The molecule has 0 unspecified atom stereocenters. The molecular weight excluding hydrogens is 340 g/mol. The van der Waals surface area contributed by atoms with Gasteiger partial charge in [-0.2, -0.15) is 4.98 Å². The highest BCUT2D eigenvalue weighted by atomic mass is 32.1. The van der Waals surface area contributed by atoms with Crippen molar-refractivity contribution >= 4 is 22.5 Å². The Morgan fingerprint density at radius 2 is 2.12 bits per heavy atom. The van der Waals surface area contributed by atoms with Crippen LogP contribution in [-0.2, 0) is 6.54 Å². The summed E-state index contributed by atoms with van der Waals surface area (Å²) < 4.78 is 1.53. The minimum Gasteiger partial charge on any atom is -0.336 e. The maximum atomic E-state index is 11.9. The fourth-order valence-corrected chi connectivity index (χ4v) is 3.33. The van der Waals surface area contributed by atoms with Crippen LogP contribution in [0, 0.1) is 13.8 Å². The predicted molar refractivity (Wildman–Crippen MR) is 98.2 cm³/mol. The van der Waals surface area contributed by atoms with Gasteiger partial charge in [0.25, 0.3) is 0 Å². The highest BCUT2D eigenvalue weighted by Crippen LogP contribution is 2.26. The van der Waals surface area contributed by atoms with Gasteiger partial charge in [0.05, 0.1) is 0 Å². The third-order valence-electron chi connectivity index (χ3n) is 3.77. The first kappa shape index (κ1) is 19.0. The zero-order valence-corrected chi connectivity index (χ0v) is 15.8. The highest BCUT2D eigenvalue weighted by molar-refractivity contribution is 7.15. The van der Waals surface area contributed by atoms with Crippen LogP contribution in [0.15, 0.2) is 10.9 Å². The summed E-state index contributed by atoms with van der Waals surface area (Å²) in [5.41, 5.74) is 1.20. The molecule has 2 rings (SSSR count). The summed E-state index contributed by atoms with van der Waals surface area (Å²) in [4.78, 5) is 27.7.